The fourth-order valence-corrected chi connectivity index (χ4v) is 4.97. The predicted octanol–water partition coefficient (Wildman–Crippen LogP) is 9.42. The van der Waals surface area contributed by atoms with E-state index in [1.807, 2.05) is 6.08 Å². The fraction of sp³-hybridized carbons (Fsp3) is 0.763. The molecule has 0 aliphatic carbocycles. The Labute approximate surface area is 266 Å². The number of carbonyl (C=O) groups is 1. The quantitative estimate of drug-likeness (QED) is 0.0469. The second-order valence-corrected chi connectivity index (χ2v) is 12.1. The van der Waals surface area contributed by atoms with E-state index in [9.17, 15) is 20.1 Å². The SMILES string of the molecule is CCCCC/C=C\CCCCCCC(O)C(=O)NC(CO)C(O)/C=C/CC/C=C/CC/C=C/CCCCCCCCCC. The third kappa shape index (κ3) is 28.8. The van der Waals surface area contributed by atoms with Crippen molar-refractivity contribution < 1.29 is 20.1 Å². The van der Waals surface area contributed by atoms with Gasteiger partial charge in [-0.2, -0.15) is 0 Å². The second kappa shape index (κ2) is 33.2. The first-order valence-electron chi connectivity index (χ1n) is 18.0. The summed E-state index contributed by atoms with van der Waals surface area (Å²) in [5.41, 5.74) is 0. The van der Waals surface area contributed by atoms with Crippen molar-refractivity contribution in [3.8, 4) is 0 Å². The Bertz CT molecular complexity index is 715. The normalized spacial score (nSPS) is 14.4. The molecule has 0 bridgehead atoms. The summed E-state index contributed by atoms with van der Waals surface area (Å²) in [7, 11) is 0. The maximum Gasteiger partial charge on any atom is 0.249 e. The Balaban J connectivity index is 3.87. The van der Waals surface area contributed by atoms with Gasteiger partial charge in [-0.15, -0.1) is 0 Å². The van der Waals surface area contributed by atoms with Crippen LogP contribution in [0.5, 0.6) is 0 Å². The third-order valence-electron chi connectivity index (χ3n) is 7.87. The molecule has 0 heterocycles. The van der Waals surface area contributed by atoms with Crippen LogP contribution in [0.1, 0.15) is 162 Å². The largest absolute Gasteiger partial charge is 0.394 e. The van der Waals surface area contributed by atoms with Gasteiger partial charge in [0, 0.05) is 0 Å². The van der Waals surface area contributed by atoms with Crippen LogP contribution in [-0.4, -0.2) is 46.1 Å². The molecule has 1 amide bonds. The van der Waals surface area contributed by atoms with Gasteiger partial charge in [-0.3, -0.25) is 4.79 Å². The molecule has 0 saturated carbocycles. The van der Waals surface area contributed by atoms with Crippen LogP contribution in [0, 0.1) is 0 Å². The minimum absolute atomic E-state index is 0.387. The molecule has 0 saturated heterocycles. The zero-order valence-electron chi connectivity index (χ0n) is 28.1. The number of unbranched alkanes of at least 4 members (excludes halogenated alkanes) is 17. The Hall–Kier alpha value is -1.69. The smallest absolute Gasteiger partial charge is 0.249 e. The highest BCUT2D eigenvalue weighted by molar-refractivity contribution is 5.80. The van der Waals surface area contributed by atoms with Crippen LogP contribution in [0.4, 0.5) is 0 Å². The standard InChI is InChI=1S/C38H69NO4/c1-3-5-7-9-11-13-15-16-17-18-19-20-21-23-24-26-28-30-32-36(41)35(34-40)39-38(43)37(42)33-31-29-27-25-22-14-12-10-8-6-4-2/h12,14,18-19,23-24,30,32,35-37,40-42H,3-11,13,15-17,20-22,25-29,31,33-34H2,1-2H3,(H,39,43)/b14-12-,19-18+,24-23+,32-30+. The average Bonchev–Trinajstić information content (AvgIpc) is 3.01. The number of hydrogen-bond donors (Lipinski definition) is 4. The van der Waals surface area contributed by atoms with Crippen LogP contribution >= 0.6 is 0 Å². The maximum absolute atomic E-state index is 12.3. The van der Waals surface area contributed by atoms with Gasteiger partial charge in [0.25, 0.3) is 0 Å². The molecule has 0 aliphatic rings. The highest BCUT2D eigenvalue weighted by atomic mass is 16.3. The summed E-state index contributed by atoms with van der Waals surface area (Å²) < 4.78 is 0. The minimum Gasteiger partial charge on any atom is -0.394 e. The van der Waals surface area contributed by atoms with Crippen molar-refractivity contribution in [3.63, 3.8) is 0 Å². The molecule has 0 spiro atoms. The van der Waals surface area contributed by atoms with Gasteiger partial charge in [-0.05, 0) is 70.6 Å². The molecule has 0 aromatic carbocycles. The molecule has 0 radical (unpaired) electrons. The van der Waals surface area contributed by atoms with Crippen LogP contribution in [0.2, 0.25) is 0 Å². The number of allylic oxidation sites excluding steroid dienone is 7. The first-order chi connectivity index (χ1) is 21.1. The topological polar surface area (TPSA) is 89.8 Å². The number of hydrogen-bond acceptors (Lipinski definition) is 4. The van der Waals surface area contributed by atoms with Crippen LogP contribution < -0.4 is 5.32 Å². The number of nitrogens with one attached hydrogen (secondary N) is 1. The highest BCUT2D eigenvalue weighted by Gasteiger charge is 2.22. The van der Waals surface area contributed by atoms with Gasteiger partial charge in [-0.25, -0.2) is 0 Å². The molecule has 0 aromatic rings. The van der Waals surface area contributed by atoms with Crippen molar-refractivity contribution in [1.29, 1.82) is 0 Å². The van der Waals surface area contributed by atoms with Gasteiger partial charge >= 0.3 is 0 Å². The molecule has 250 valence electrons. The van der Waals surface area contributed by atoms with E-state index in [0.717, 1.165) is 57.8 Å². The first kappa shape index (κ1) is 41.3. The summed E-state index contributed by atoms with van der Waals surface area (Å²) in [5, 5.41) is 32.8. The van der Waals surface area contributed by atoms with E-state index < -0.39 is 24.2 Å². The van der Waals surface area contributed by atoms with Crippen LogP contribution in [0.3, 0.4) is 0 Å². The molecule has 43 heavy (non-hydrogen) atoms. The molecule has 0 aliphatic heterocycles. The number of aliphatic hydroxyl groups is 3. The fourth-order valence-electron chi connectivity index (χ4n) is 4.97. The molecular weight excluding hydrogens is 534 g/mol. The molecule has 0 rings (SSSR count). The lowest BCUT2D eigenvalue weighted by Crippen LogP contribution is -2.48. The van der Waals surface area contributed by atoms with E-state index in [0.29, 0.717) is 6.42 Å². The highest BCUT2D eigenvalue weighted by Crippen LogP contribution is 2.11. The number of rotatable bonds is 31. The summed E-state index contributed by atoms with van der Waals surface area (Å²) in [6, 6.07) is -0.823. The Kier molecular flexibility index (Phi) is 31.9. The van der Waals surface area contributed by atoms with Gasteiger partial charge < -0.3 is 20.6 Å². The number of amides is 1. The zero-order chi connectivity index (χ0) is 31.6. The van der Waals surface area contributed by atoms with E-state index in [4.69, 9.17) is 0 Å². The van der Waals surface area contributed by atoms with Crippen LogP contribution in [-0.2, 0) is 4.79 Å². The van der Waals surface area contributed by atoms with E-state index in [2.05, 4.69) is 55.6 Å². The van der Waals surface area contributed by atoms with Crippen molar-refractivity contribution in [2.45, 2.75) is 180 Å². The molecule has 3 unspecified atom stereocenters. The Morgan fingerprint density at radius 2 is 0.953 bits per heavy atom. The summed E-state index contributed by atoms with van der Waals surface area (Å²) in [6.45, 7) is 4.10. The maximum atomic E-state index is 12.3. The van der Waals surface area contributed by atoms with Crippen molar-refractivity contribution in [1.82, 2.24) is 5.32 Å². The molecular formula is C38H69NO4. The van der Waals surface area contributed by atoms with Gasteiger partial charge in [0.15, 0.2) is 0 Å². The van der Waals surface area contributed by atoms with Crippen molar-refractivity contribution in [3.05, 3.63) is 48.6 Å². The van der Waals surface area contributed by atoms with Gasteiger partial charge in [0.05, 0.1) is 18.8 Å². The van der Waals surface area contributed by atoms with Crippen molar-refractivity contribution in [2.24, 2.45) is 0 Å². The lowest BCUT2D eigenvalue weighted by Gasteiger charge is -2.21. The predicted molar refractivity (Wildman–Crippen MR) is 185 cm³/mol. The third-order valence-corrected chi connectivity index (χ3v) is 7.87. The van der Waals surface area contributed by atoms with E-state index in [1.165, 1.54) is 83.5 Å². The van der Waals surface area contributed by atoms with Gasteiger partial charge in [0.1, 0.15) is 6.10 Å². The molecule has 5 nitrogen and oxygen atoms in total. The number of carbonyl (C=O) groups excluding carboxylic acids is 1. The molecule has 3 atom stereocenters. The molecule has 5 heteroatoms. The average molecular weight is 604 g/mol. The summed E-state index contributed by atoms with van der Waals surface area (Å²) in [6.07, 6.45) is 41.3. The van der Waals surface area contributed by atoms with Crippen LogP contribution in [0.15, 0.2) is 48.6 Å². The number of aliphatic hydroxyl groups excluding tert-OH is 3. The monoisotopic (exact) mass is 604 g/mol. The van der Waals surface area contributed by atoms with Gasteiger partial charge in [-0.1, -0.05) is 140 Å². The summed E-state index contributed by atoms with van der Waals surface area (Å²) in [4.78, 5) is 12.3. The Morgan fingerprint density at radius 3 is 1.47 bits per heavy atom. The zero-order valence-corrected chi connectivity index (χ0v) is 28.1. The minimum atomic E-state index is -1.12. The van der Waals surface area contributed by atoms with Crippen molar-refractivity contribution in [2.75, 3.05) is 6.61 Å². The van der Waals surface area contributed by atoms with E-state index in [1.54, 1.807) is 6.08 Å². The van der Waals surface area contributed by atoms with E-state index in [-0.39, 0.29) is 6.61 Å². The van der Waals surface area contributed by atoms with Gasteiger partial charge in [0.2, 0.25) is 5.91 Å². The summed E-state index contributed by atoms with van der Waals surface area (Å²) in [5.74, 6) is -0.531. The molecule has 0 aromatic heterocycles. The van der Waals surface area contributed by atoms with E-state index >= 15 is 0 Å². The van der Waals surface area contributed by atoms with Crippen molar-refractivity contribution >= 4 is 5.91 Å². The first-order valence-corrected chi connectivity index (χ1v) is 18.0. The Morgan fingerprint density at radius 1 is 0.558 bits per heavy atom. The molecule has 0 fully saturated rings. The summed E-state index contributed by atoms with van der Waals surface area (Å²) >= 11 is 0. The lowest BCUT2D eigenvalue weighted by molar-refractivity contribution is -0.131. The molecule has 4 N–H and O–H groups in total. The van der Waals surface area contributed by atoms with Crippen LogP contribution in [0.25, 0.3) is 0 Å². The lowest BCUT2D eigenvalue weighted by atomic mass is 10.1. The second-order valence-electron chi connectivity index (χ2n) is 12.1.